The lowest BCUT2D eigenvalue weighted by atomic mass is 10.00. The van der Waals surface area contributed by atoms with Crippen LogP contribution in [-0.2, 0) is 65.4 Å². The van der Waals surface area contributed by atoms with E-state index in [1.54, 1.807) is 0 Å². The molecule has 3 unspecified atom stereocenters. The zero-order chi connectivity index (χ0) is 65.7. The van der Waals surface area contributed by atoms with Crippen LogP contribution in [0.4, 0.5) is 0 Å². The molecule has 0 radical (unpaired) electrons. The van der Waals surface area contributed by atoms with E-state index in [0.717, 1.165) is 108 Å². The van der Waals surface area contributed by atoms with Crippen LogP contribution in [0.2, 0.25) is 0 Å². The van der Waals surface area contributed by atoms with Gasteiger partial charge in [0.2, 0.25) is 0 Å². The lowest BCUT2D eigenvalue weighted by Gasteiger charge is -2.21. The Kier molecular flexibility index (Phi) is 60.8. The Labute approximate surface area is 543 Å². The maximum absolute atomic E-state index is 13.0. The lowest BCUT2D eigenvalue weighted by Crippen LogP contribution is -2.30. The van der Waals surface area contributed by atoms with Gasteiger partial charge in [-0.3, -0.25) is 37.3 Å². The number of hydrogen-bond acceptors (Lipinski definition) is 15. The number of carbonyl (C=O) groups excluding carboxylic acids is 4. The van der Waals surface area contributed by atoms with E-state index in [2.05, 4.69) is 41.5 Å². The summed E-state index contributed by atoms with van der Waals surface area (Å²) < 4.78 is 68.1. The standard InChI is InChI=1S/C70H136O17P2/c1-7-10-12-14-16-28-33-40-46-52-67(72)80-58-65(86-69(74)54-48-42-34-29-17-15-13-11-8-2)60-84-88(76,77)82-56-64(71)57-83-89(78,79)85-61-66(59-81-68(73)53-47-41-37-36-39-45-51-63(6)9-3)87-70(75)55-49-43-35-31-27-25-23-21-19-18-20-22-24-26-30-32-38-44-50-62(4)5/h62-66,71H,7-61H2,1-6H3,(H,76,77)(H,78,79)/t63?,64-,65+,66+/m0/s1. The minimum absolute atomic E-state index is 0.106. The molecule has 0 aliphatic carbocycles. The fourth-order valence-electron chi connectivity index (χ4n) is 10.6. The van der Waals surface area contributed by atoms with E-state index in [1.165, 1.54) is 167 Å². The van der Waals surface area contributed by atoms with E-state index < -0.39 is 97.5 Å². The zero-order valence-electron chi connectivity index (χ0n) is 57.7. The molecule has 3 N–H and O–H groups in total. The highest BCUT2D eigenvalue weighted by atomic mass is 31.2. The van der Waals surface area contributed by atoms with Gasteiger partial charge in [0.05, 0.1) is 26.4 Å². The van der Waals surface area contributed by atoms with E-state index >= 15 is 0 Å². The van der Waals surface area contributed by atoms with Gasteiger partial charge in [-0.2, -0.15) is 0 Å². The third-order valence-corrected chi connectivity index (χ3v) is 18.5. The second-order valence-corrected chi connectivity index (χ2v) is 28.9. The molecule has 89 heavy (non-hydrogen) atoms. The van der Waals surface area contributed by atoms with Crippen molar-refractivity contribution < 1.29 is 80.2 Å². The molecule has 0 fully saturated rings. The summed E-state index contributed by atoms with van der Waals surface area (Å²) in [6, 6.07) is 0. The number of carbonyl (C=O) groups is 4. The molecule has 0 aliphatic rings. The van der Waals surface area contributed by atoms with E-state index in [9.17, 15) is 43.2 Å². The Balaban J connectivity index is 5.13. The van der Waals surface area contributed by atoms with Gasteiger partial charge in [0, 0.05) is 25.7 Å². The second kappa shape index (κ2) is 62.2. The van der Waals surface area contributed by atoms with E-state index in [1.807, 2.05) is 0 Å². The minimum Gasteiger partial charge on any atom is -0.462 e. The SMILES string of the molecule is CCCCCCCCCCCC(=O)OC[C@H](COP(=O)(O)OC[C@H](O)COP(=O)(O)OC[C@@H](COC(=O)CCCCCCCCC(C)CC)OC(=O)CCCCCCCCCCCCCCCCCCCCC(C)C)OC(=O)CCCCCCCCCCC. The minimum atomic E-state index is -4.95. The van der Waals surface area contributed by atoms with Crippen molar-refractivity contribution in [3.05, 3.63) is 0 Å². The number of ether oxygens (including phenoxy) is 4. The van der Waals surface area contributed by atoms with Crippen LogP contribution in [0.3, 0.4) is 0 Å². The first kappa shape index (κ1) is 87.1. The summed E-state index contributed by atoms with van der Waals surface area (Å²) in [5, 5.41) is 10.6. The summed E-state index contributed by atoms with van der Waals surface area (Å²) in [7, 11) is -9.89. The van der Waals surface area contributed by atoms with Crippen LogP contribution in [0.25, 0.3) is 0 Å². The topological polar surface area (TPSA) is 237 Å². The van der Waals surface area contributed by atoms with Crippen molar-refractivity contribution in [2.24, 2.45) is 11.8 Å². The molecule has 0 aromatic heterocycles. The first-order valence-electron chi connectivity index (χ1n) is 36.5. The number of phosphoric acid groups is 2. The van der Waals surface area contributed by atoms with Crippen LogP contribution < -0.4 is 0 Å². The van der Waals surface area contributed by atoms with Crippen LogP contribution >= 0.6 is 15.6 Å². The van der Waals surface area contributed by atoms with Gasteiger partial charge < -0.3 is 33.8 Å². The first-order chi connectivity index (χ1) is 42.9. The Morgan fingerprint density at radius 3 is 0.854 bits per heavy atom. The number of phosphoric ester groups is 2. The van der Waals surface area contributed by atoms with Crippen molar-refractivity contribution in [3.63, 3.8) is 0 Å². The average molecular weight is 1310 g/mol. The number of aliphatic hydroxyl groups is 1. The van der Waals surface area contributed by atoms with Gasteiger partial charge in [0.25, 0.3) is 0 Å². The van der Waals surface area contributed by atoms with Crippen molar-refractivity contribution in [1.82, 2.24) is 0 Å². The Morgan fingerprint density at radius 2 is 0.573 bits per heavy atom. The third-order valence-electron chi connectivity index (χ3n) is 16.6. The summed E-state index contributed by atoms with van der Waals surface area (Å²) in [6.07, 6.45) is 47.4. The molecule has 19 heteroatoms. The van der Waals surface area contributed by atoms with Gasteiger partial charge in [0.1, 0.15) is 19.3 Å². The monoisotopic (exact) mass is 1310 g/mol. The summed E-state index contributed by atoms with van der Waals surface area (Å²) in [5.74, 6) is -0.578. The maximum Gasteiger partial charge on any atom is 0.472 e. The van der Waals surface area contributed by atoms with Gasteiger partial charge in [-0.15, -0.1) is 0 Å². The predicted molar refractivity (Wildman–Crippen MR) is 358 cm³/mol. The number of aliphatic hydroxyl groups excluding tert-OH is 1. The van der Waals surface area contributed by atoms with Crippen molar-refractivity contribution in [3.8, 4) is 0 Å². The molecule has 6 atom stereocenters. The smallest absolute Gasteiger partial charge is 0.462 e. The molecule has 0 heterocycles. The molecule has 528 valence electrons. The summed E-state index contributed by atoms with van der Waals surface area (Å²) in [4.78, 5) is 72.3. The number of unbranched alkanes of at least 4 members (excludes halogenated alkanes) is 38. The number of hydrogen-bond donors (Lipinski definition) is 3. The summed E-state index contributed by atoms with van der Waals surface area (Å²) in [5.41, 5.74) is 0. The molecule has 17 nitrogen and oxygen atoms in total. The molecular weight excluding hydrogens is 1170 g/mol. The first-order valence-corrected chi connectivity index (χ1v) is 39.5. The van der Waals surface area contributed by atoms with Crippen LogP contribution in [0.15, 0.2) is 0 Å². The van der Waals surface area contributed by atoms with Crippen molar-refractivity contribution >= 4 is 39.5 Å². The van der Waals surface area contributed by atoms with Crippen LogP contribution in [0.1, 0.15) is 356 Å². The van der Waals surface area contributed by atoms with Crippen LogP contribution in [-0.4, -0.2) is 96.7 Å². The summed E-state index contributed by atoms with van der Waals surface area (Å²) in [6.45, 7) is 9.51. The lowest BCUT2D eigenvalue weighted by molar-refractivity contribution is -0.161. The van der Waals surface area contributed by atoms with Gasteiger partial charge >= 0.3 is 39.5 Å². The normalized spacial score (nSPS) is 14.4. The third kappa shape index (κ3) is 63.2. The largest absolute Gasteiger partial charge is 0.472 e. The molecule has 0 saturated heterocycles. The van der Waals surface area contributed by atoms with Gasteiger partial charge in [-0.1, -0.05) is 305 Å². The molecule has 0 aromatic carbocycles. The van der Waals surface area contributed by atoms with Crippen LogP contribution in [0.5, 0.6) is 0 Å². The van der Waals surface area contributed by atoms with Crippen LogP contribution in [0, 0.1) is 11.8 Å². The Bertz CT molecular complexity index is 1740. The highest BCUT2D eigenvalue weighted by Crippen LogP contribution is 2.45. The van der Waals surface area contributed by atoms with E-state index in [0.29, 0.717) is 25.7 Å². The molecule has 0 bridgehead atoms. The number of esters is 4. The van der Waals surface area contributed by atoms with Gasteiger partial charge in [-0.25, -0.2) is 9.13 Å². The van der Waals surface area contributed by atoms with Gasteiger partial charge in [-0.05, 0) is 37.5 Å². The molecule has 0 aromatic rings. The summed E-state index contributed by atoms with van der Waals surface area (Å²) >= 11 is 0. The quantitative estimate of drug-likeness (QED) is 0.0222. The Hall–Kier alpha value is -1.94. The van der Waals surface area contributed by atoms with Crippen molar-refractivity contribution in [2.75, 3.05) is 39.6 Å². The van der Waals surface area contributed by atoms with Crippen molar-refractivity contribution in [2.45, 2.75) is 374 Å². The molecular formula is C70H136O17P2. The second-order valence-electron chi connectivity index (χ2n) is 26.0. The Morgan fingerprint density at radius 1 is 0.326 bits per heavy atom. The molecule has 0 spiro atoms. The maximum atomic E-state index is 13.0. The van der Waals surface area contributed by atoms with Crippen molar-refractivity contribution in [1.29, 1.82) is 0 Å². The molecule has 0 amide bonds. The highest BCUT2D eigenvalue weighted by Gasteiger charge is 2.30. The van der Waals surface area contributed by atoms with E-state index in [4.69, 9.17) is 37.0 Å². The molecule has 0 rings (SSSR count). The predicted octanol–water partition coefficient (Wildman–Crippen LogP) is 20.0. The zero-order valence-corrected chi connectivity index (χ0v) is 59.5. The highest BCUT2D eigenvalue weighted by molar-refractivity contribution is 7.47. The fourth-order valence-corrected chi connectivity index (χ4v) is 12.1. The number of rotatable bonds is 69. The average Bonchev–Trinajstić information content (AvgIpc) is 3.70. The molecule has 0 saturated carbocycles. The fraction of sp³-hybridized carbons (Fsp3) is 0.943. The van der Waals surface area contributed by atoms with E-state index in [-0.39, 0.29) is 25.7 Å². The van der Waals surface area contributed by atoms with Gasteiger partial charge in [0.15, 0.2) is 12.2 Å². The molecule has 0 aliphatic heterocycles.